The SMILES string of the molecule is CCNC(=NCc1cc(Cl)c2c(c1)OCCO2)NCC1CCCS1. The number of aliphatic imine (C=N–C) groups is 1. The lowest BCUT2D eigenvalue weighted by molar-refractivity contribution is 0.171. The van der Waals surface area contributed by atoms with Crippen molar-refractivity contribution in [1.82, 2.24) is 10.6 Å². The molecule has 2 N–H and O–H groups in total. The summed E-state index contributed by atoms with van der Waals surface area (Å²) in [5, 5.41) is 8.01. The highest BCUT2D eigenvalue weighted by molar-refractivity contribution is 8.00. The Morgan fingerprint density at radius 3 is 3.00 bits per heavy atom. The first-order valence-electron chi connectivity index (χ1n) is 8.48. The zero-order valence-electron chi connectivity index (χ0n) is 13.9. The molecule has 2 aliphatic rings. The smallest absolute Gasteiger partial charge is 0.191 e. The third-order valence-electron chi connectivity index (χ3n) is 3.94. The average Bonchev–Trinajstić information content (AvgIpc) is 3.11. The molecule has 0 aromatic heterocycles. The summed E-state index contributed by atoms with van der Waals surface area (Å²) in [6.07, 6.45) is 2.61. The fourth-order valence-corrected chi connectivity index (χ4v) is 4.27. The lowest BCUT2D eigenvalue weighted by Crippen LogP contribution is -2.40. The van der Waals surface area contributed by atoms with Gasteiger partial charge in [-0.05, 0) is 43.2 Å². The number of halogens is 1. The van der Waals surface area contributed by atoms with E-state index in [2.05, 4.69) is 22.5 Å². The summed E-state index contributed by atoms with van der Waals surface area (Å²) in [4.78, 5) is 4.66. The molecule has 1 fully saturated rings. The van der Waals surface area contributed by atoms with Gasteiger partial charge in [-0.2, -0.15) is 11.8 Å². The van der Waals surface area contributed by atoms with Crippen LogP contribution in [-0.4, -0.2) is 43.3 Å². The fraction of sp³-hybridized carbons (Fsp3) is 0.588. The molecule has 3 rings (SSSR count). The summed E-state index contributed by atoms with van der Waals surface area (Å²) < 4.78 is 11.2. The van der Waals surface area contributed by atoms with Crippen LogP contribution in [0.2, 0.25) is 5.02 Å². The maximum Gasteiger partial charge on any atom is 0.191 e. The monoisotopic (exact) mass is 369 g/mol. The number of hydrogen-bond donors (Lipinski definition) is 2. The largest absolute Gasteiger partial charge is 0.486 e. The Morgan fingerprint density at radius 1 is 1.33 bits per heavy atom. The van der Waals surface area contributed by atoms with Crippen LogP contribution in [0.25, 0.3) is 0 Å². The highest BCUT2D eigenvalue weighted by Gasteiger charge is 2.17. The maximum absolute atomic E-state index is 6.28. The number of thioether (sulfide) groups is 1. The number of hydrogen-bond acceptors (Lipinski definition) is 4. The maximum atomic E-state index is 6.28. The minimum absolute atomic E-state index is 0.540. The van der Waals surface area contributed by atoms with Crippen LogP contribution in [0.1, 0.15) is 25.3 Å². The molecule has 1 saturated heterocycles. The summed E-state index contributed by atoms with van der Waals surface area (Å²) in [7, 11) is 0. The molecule has 132 valence electrons. The summed E-state index contributed by atoms with van der Waals surface area (Å²) >= 11 is 8.32. The Kier molecular flexibility index (Phi) is 6.37. The molecule has 2 heterocycles. The van der Waals surface area contributed by atoms with Gasteiger partial charge in [0.1, 0.15) is 13.2 Å². The predicted molar refractivity (Wildman–Crippen MR) is 101 cm³/mol. The molecule has 0 amide bonds. The van der Waals surface area contributed by atoms with Crippen LogP contribution in [0.4, 0.5) is 0 Å². The van der Waals surface area contributed by atoms with E-state index in [4.69, 9.17) is 21.1 Å². The van der Waals surface area contributed by atoms with E-state index in [0.29, 0.717) is 41.5 Å². The van der Waals surface area contributed by atoms with Crippen LogP contribution >= 0.6 is 23.4 Å². The van der Waals surface area contributed by atoms with E-state index >= 15 is 0 Å². The van der Waals surface area contributed by atoms with E-state index in [0.717, 1.165) is 24.6 Å². The quantitative estimate of drug-likeness (QED) is 0.617. The van der Waals surface area contributed by atoms with Gasteiger partial charge in [-0.3, -0.25) is 0 Å². The van der Waals surface area contributed by atoms with Gasteiger partial charge in [0.05, 0.1) is 11.6 Å². The first kappa shape index (κ1) is 17.5. The number of guanidine groups is 1. The van der Waals surface area contributed by atoms with Crippen LogP contribution < -0.4 is 20.1 Å². The third-order valence-corrected chi connectivity index (χ3v) is 5.62. The summed E-state index contributed by atoms with van der Waals surface area (Å²) in [5.74, 6) is 3.46. The first-order chi connectivity index (χ1) is 11.8. The molecule has 0 saturated carbocycles. The minimum Gasteiger partial charge on any atom is -0.486 e. The minimum atomic E-state index is 0.540. The van der Waals surface area contributed by atoms with Crippen LogP contribution in [0.5, 0.6) is 11.5 Å². The number of nitrogens with zero attached hydrogens (tertiary/aromatic N) is 1. The van der Waals surface area contributed by atoms with E-state index < -0.39 is 0 Å². The standard InChI is InChI=1S/C17H24ClN3O2S/c1-2-19-17(21-11-13-4-3-7-24-13)20-10-12-8-14(18)16-15(9-12)22-5-6-23-16/h8-9,13H,2-7,10-11H2,1H3,(H2,19,20,21). The van der Waals surface area contributed by atoms with Crippen LogP contribution in [0.3, 0.4) is 0 Å². The first-order valence-corrected chi connectivity index (χ1v) is 9.90. The molecule has 0 radical (unpaired) electrons. The normalized spacial score (nSPS) is 20.1. The van der Waals surface area contributed by atoms with Gasteiger partial charge in [0.25, 0.3) is 0 Å². The summed E-state index contributed by atoms with van der Waals surface area (Å²) in [6, 6.07) is 3.86. The van der Waals surface area contributed by atoms with E-state index in [-0.39, 0.29) is 0 Å². The van der Waals surface area contributed by atoms with Gasteiger partial charge in [-0.1, -0.05) is 11.6 Å². The van der Waals surface area contributed by atoms with Crippen LogP contribution in [-0.2, 0) is 6.54 Å². The molecular weight excluding hydrogens is 346 g/mol. The molecule has 2 aliphatic heterocycles. The molecule has 1 aromatic carbocycles. The van der Waals surface area contributed by atoms with Gasteiger partial charge >= 0.3 is 0 Å². The van der Waals surface area contributed by atoms with Gasteiger partial charge in [0.2, 0.25) is 0 Å². The Bertz CT molecular complexity index is 591. The Balaban J connectivity index is 1.63. The van der Waals surface area contributed by atoms with Crippen molar-refractivity contribution in [2.45, 2.75) is 31.6 Å². The number of ether oxygens (including phenoxy) is 2. The second-order valence-electron chi connectivity index (χ2n) is 5.81. The molecule has 0 spiro atoms. The number of nitrogens with one attached hydrogen (secondary N) is 2. The molecule has 1 atom stereocenters. The van der Waals surface area contributed by atoms with Gasteiger partial charge in [-0.25, -0.2) is 4.99 Å². The molecule has 7 heteroatoms. The van der Waals surface area contributed by atoms with Crippen molar-refractivity contribution in [3.63, 3.8) is 0 Å². The summed E-state index contributed by atoms with van der Waals surface area (Å²) in [5.41, 5.74) is 1.01. The van der Waals surface area contributed by atoms with Gasteiger partial charge in [-0.15, -0.1) is 0 Å². The second-order valence-corrected chi connectivity index (χ2v) is 7.63. The topological polar surface area (TPSA) is 54.9 Å². The van der Waals surface area contributed by atoms with Crippen molar-refractivity contribution in [3.8, 4) is 11.5 Å². The zero-order valence-corrected chi connectivity index (χ0v) is 15.5. The Morgan fingerprint density at radius 2 is 2.21 bits per heavy atom. The van der Waals surface area contributed by atoms with Gasteiger partial charge in [0, 0.05) is 18.3 Å². The lowest BCUT2D eigenvalue weighted by Gasteiger charge is -2.20. The van der Waals surface area contributed by atoms with Crippen molar-refractivity contribution >= 4 is 29.3 Å². The van der Waals surface area contributed by atoms with Crippen LogP contribution in [0.15, 0.2) is 17.1 Å². The Labute approximate surface area is 152 Å². The second kappa shape index (κ2) is 8.72. The van der Waals surface area contributed by atoms with Crippen molar-refractivity contribution in [1.29, 1.82) is 0 Å². The van der Waals surface area contributed by atoms with Gasteiger partial charge < -0.3 is 20.1 Å². The molecule has 0 bridgehead atoms. The van der Waals surface area contributed by atoms with Crippen molar-refractivity contribution in [2.75, 3.05) is 32.1 Å². The van der Waals surface area contributed by atoms with E-state index in [1.165, 1.54) is 18.6 Å². The average molecular weight is 370 g/mol. The highest BCUT2D eigenvalue weighted by Crippen LogP contribution is 2.38. The van der Waals surface area contributed by atoms with E-state index in [1.54, 1.807) is 0 Å². The predicted octanol–water partition coefficient (Wildman–Crippen LogP) is 3.06. The molecule has 1 unspecified atom stereocenters. The Hall–Kier alpha value is -1.27. The van der Waals surface area contributed by atoms with E-state index in [9.17, 15) is 0 Å². The fourth-order valence-electron chi connectivity index (χ4n) is 2.78. The molecule has 1 aromatic rings. The number of benzene rings is 1. The molecule has 5 nitrogen and oxygen atoms in total. The molecule has 24 heavy (non-hydrogen) atoms. The molecular formula is C17H24ClN3O2S. The highest BCUT2D eigenvalue weighted by atomic mass is 35.5. The number of fused-ring (bicyclic) bond motifs is 1. The van der Waals surface area contributed by atoms with Crippen molar-refractivity contribution < 1.29 is 9.47 Å². The van der Waals surface area contributed by atoms with Crippen molar-refractivity contribution in [3.05, 3.63) is 22.7 Å². The van der Waals surface area contributed by atoms with E-state index in [1.807, 2.05) is 23.9 Å². The van der Waals surface area contributed by atoms with Crippen molar-refractivity contribution in [2.24, 2.45) is 4.99 Å². The molecule has 0 aliphatic carbocycles. The van der Waals surface area contributed by atoms with Gasteiger partial charge in [0.15, 0.2) is 17.5 Å². The number of rotatable bonds is 5. The van der Waals surface area contributed by atoms with Crippen LogP contribution in [0, 0.1) is 0 Å². The lowest BCUT2D eigenvalue weighted by atomic mass is 10.2. The third kappa shape index (κ3) is 4.63. The summed E-state index contributed by atoms with van der Waals surface area (Å²) in [6.45, 7) is 5.51. The zero-order chi connectivity index (χ0) is 16.8.